The maximum Gasteiger partial charge on any atom is -0.0409 e. The smallest absolute Gasteiger partial charge is 0.0409 e. The van der Waals surface area contributed by atoms with Crippen molar-refractivity contribution in [1.82, 2.24) is 0 Å². The van der Waals surface area contributed by atoms with Gasteiger partial charge in [-0.05, 0) is 42.9 Å². The van der Waals surface area contributed by atoms with Crippen molar-refractivity contribution in [2.75, 3.05) is 0 Å². The first kappa shape index (κ1) is 12.5. The molecule has 0 heteroatoms. The van der Waals surface area contributed by atoms with Gasteiger partial charge in [0.05, 0.1) is 0 Å². The molecule has 0 amide bonds. The van der Waals surface area contributed by atoms with E-state index in [1.165, 1.54) is 57.8 Å². The molecule has 0 aromatic carbocycles. The average molecular weight is 222 g/mol. The zero-order valence-electron chi connectivity index (χ0n) is 11.4. The molecular weight excluding hydrogens is 192 g/mol. The highest BCUT2D eigenvalue weighted by molar-refractivity contribution is 4.76. The molecule has 0 spiro atoms. The maximum absolute atomic E-state index is 2.47. The molecule has 16 heavy (non-hydrogen) atoms. The summed E-state index contributed by atoms with van der Waals surface area (Å²) in [6, 6.07) is 0. The summed E-state index contributed by atoms with van der Waals surface area (Å²) in [6.07, 6.45) is 15.2. The molecule has 0 aliphatic heterocycles. The number of rotatable bonds is 2. The number of hydrogen-bond donors (Lipinski definition) is 0. The Morgan fingerprint density at radius 1 is 0.688 bits per heavy atom. The van der Waals surface area contributed by atoms with Crippen LogP contribution in [0.4, 0.5) is 0 Å². The molecule has 0 radical (unpaired) electrons. The van der Waals surface area contributed by atoms with Crippen LogP contribution < -0.4 is 0 Å². The summed E-state index contributed by atoms with van der Waals surface area (Å²) in [5.41, 5.74) is 0. The largest absolute Gasteiger partial charge is 0.0625 e. The van der Waals surface area contributed by atoms with Gasteiger partial charge in [0.2, 0.25) is 0 Å². The lowest BCUT2D eigenvalue weighted by molar-refractivity contribution is 0.221. The lowest BCUT2D eigenvalue weighted by Crippen LogP contribution is -2.17. The normalized spacial score (nSPS) is 41.6. The fourth-order valence-corrected chi connectivity index (χ4v) is 4.19. The summed E-state index contributed by atoms with van der Waals surface area (Å²) in [7, 11) is 0. The van der Waals surface area contributed by atoms with Gasteiger partial charge in [0, 0.05) is 0 Å². The Kier molecular flexibility index (Phi) is 4.73. The van der Waals surface area contributed by atoms with Crippen molar-refractivity contribution in [3.05, 3.63) is 0 Å². The Hall–Kier alpha value is 0. The SMILES string of the molecule is CC1CCCCC(CC2CCCC(C)C2)C1. The predicted octanol–water partition coefficient (Wildman–Crippen LogP) is 5.42. The van der Waals surface area contributed by atoms with Crippen molar-refractivity contribution in [3.8, 4) is 0 Å². The van der Waals surface area contributed by atoms with E-state index in [4.69, 9.17) is 0 Å². The second-order valence-corrected chi connectivity index (χ2v) is 6.86. The minimum Gasteiger partial charge on any atom is -0.0625 e. The lowest BCUT2D eigenvalue weighted by Gasteiger charge is -2.30. The number of hydrogen-bond acceptors (Lipinski definition) is 0. The van der Waals surface area contributed by atoms with Crippen LogP contribution in [0.2, 0.25) is 0 Å². The average Bonchev–Trinajstić information content (AvgIpc) is 2.43. The molecule has 2 fully saturated rings. The third kappa shape index (κ3) is 3.79. The highest BCUT2D eigenvalue weighted by Gasteiger charge is 2.24. The molecule has 0 N–H and O–H groups in total. The highest BCUT2D eigenvalue weighted by atomic mass is 14.3. The van der Waals surface area contributed by atoms with Crippen LogP contribution in [-0.4, -0.2) is 0 Å². The molecule has 0 heterocycles. The van der Waals surface area contributed by atoms with Gasteiger partial charge in [0.25, 0.3) is 0 Å². The Morgan fingerprint density at radius 3 is 1.81 bits per heavy atom. The molecule has 2 saturated carbocycles. The van der Waals surface area contributed by atoms with E-state index in [2.05, 4.69) is 13.8 Å². The van der Waals surface area contributed by atoms with Gasteiger partial charge < -0.3 is 0 Å². The third-order valence-electron chi connectivity index (χ3n) is 5.01. The zero-order chi connectivity index (χ0) is 11.4. The predicted molar refractivity (Wildman–Crippen MR) is 71.5 cm³/mol. The molecule has 2 aliphatic rings. The van der Waals surface area contributed by atoms with Crippen LogP contribution in [0, 0.1) is 23.7 Å². The minimum atomic E-state index is 1.01. The maximum atomic E-state index is 2.47. The van der Waals surface area contributed by atoms with Crippen LogP contribution in [-0.2, 0) is 0 Å². The topological polar surface area (TPSA) is 0 Å². The Balaban J connectivity index is 1.78. The van der Waals surface area contributed by atoms with E-state index in [9.17, 15) is 0 Å². The van der Waals surface area contributed by atoms with Crippen LogP contribution in [0.3, 0.4) is 0 Å². The highest BCUT2D eigenvalue weighted by Crippen LogP contribution is 2.37. The van der Waals surface area contributed by atoms with Gasteiger partial charge in [-0.25, -0.2) is 0 Å². The second kappa shape index (κ2) is 6.07. The van der Waals surface area contributed by atoms with Gasteiger partial charge in [-0.2, -0.15) is 0 Å². The van der Waals surface area contributed by atoms with Gasteiger partial charge in [-0.1, -0.05) is 58.8 Å². The van der Waals surface area contributed by atoms with Crippen molar-refractivity contribution >= 4 is 0 Å². The van der Waals surface area contributed by atoms with E-state index in [0.29, 0.717) is 0 Å². The molecule has 2 aliphatic carbocycles. The molecule has 0 bridgehead atoms. The van der Waals surface area contributed by atoms with Crippen molar-refractivity contribution in [2.45, 2.75) is 78.1 Å². The van der Waals surface area contributed by atoms with E-state index in [-0.39, 0.29) is 0 Å². The molecule has 4 unspecified atom stereocenters. The molecule has 0 aromatic rings. The molecule has 94 valence electrons. The van der Waals surface area contributed by atoms with Crippen molar-refractivity contribution in [1.29, 1.82) is 0 Å². The van der Waals surface area contributed by atoms with E-state index < -0.39 is 0 Å². The standard InChI is InChI=1S/C16H30/c1-13-6-3-4-8-15(10-13)12-16-9-5-7-14(2)11-16/h13-16H,3-12H2,1-2H3. The molecule has 0 aromatic heterocycles. The second-order valence-electron chi connectivity index (χ2n) is 6.86. The Bertz CT molecular complexity index is 196. The van der Waals surface area contributed by atoms with E-state index >= 15 is 0 Å². The zero-order valence-corrected chi connectivity index (χ0v) is 11.4. The van der Waals surface area contributed by atoms with E-state index in [0.717, 1.165) is 23.7 Å². The minimum absolute atomic E-state index is 1.01. The molecule has 0 nitrogen and oxygen atoms in total. The summed E-state index contributed by atoms with van der Waals surface area (Å²) in [6.45, 7) is 4.93. The van der Waals surface area contributed by atoms with Crippen molar-refractivity contribution in [3.63, 3.8) is 0 Å². The van der Waals surface area contributed by atoms with Gasteiger partial charge in [0.15, 0.2) is 0 Å². The first-order valence-electron chi connectivity index (χ1n) is 7.74. The van der Waals surface area contributed by atoms with E-state index in [1.54, 1.807) is 6.42 Å². The lowest BCUT2D eigenvalue weighted by atomic mass is 9.76. The Labute approximate surface area is 102 Å². The van der Waals surface area contributed by atoms with E-state index in [1.807, 2.05) is 0 Å². The summed E-state index contributed by atoms with van der Waals surface area (Å²) >= 11 is 0. The summed E-state index contributed by atoms with van der Waals surface area (Å²) in [5.74, 6) is 4.18. The van der Waals surface area contributed by atoms with Gasteiger partial charge >= 0.3 is 0 Å². The molecular formula is C16H30. The molecule has 4 atom stereocenters. The summed E-state index contributed by atoms with van der Waals surface area (Å²) < 4.78 is 0. The summed E-state index contributed by atoms with van der Waals surface area (Å²) in [4.78, 5) is 0. The van der Waals surface area contributed by atoms with Crippen LogP contribution in [0.25, 0.3) is 0 Å². The molecule has 2 rings (SSSR count). The molecule has 0 saturated heterocycles. The first-order chi connectivity index (χ1) is 7.74. The van der Waals surface area contributed by atoms with Gasteiger partial charge in [0.1, 0.15) is 0 Å². The van der Waals surface area contributed by atoms with Gasteiger partial charge in [-0.3, -0.25) is 0 Å². The van der Waals surface area contributed by atoms with Crippen molar-refractivity contribution in [2.24, 2.45) is 23.7 Å². The fraction of sp³-hybridized carbons (Fsp3) is 1.00. The van der Waals surface area contributed by atoms with Crippen LogP contribution in [0.1, 0.15) is 78.1 Å². The van der Waals surface area contributed by atoms with Crippen LogP contribution in [0.15, 0.2) is 0 Å². The van der Waals surface area contributed by atoms with Crippen LogP contribution >= 0.6 is 0 Å². The van der Waals surface area contributed by atoms with Gasteiger partial charge in [-0.15, -0.1) is 0 Å². The Morgan fingerprint density at radius 2 is 1.19 bits per heavy atom. The monoisotopic (exact) mass is 222 g/mol. The summed E-state index contributed by atoms with van der Waals surface area (Å²) in [5, 5.41) is 0. The third-order valence-corrected chi connectivity index (χ3v) is 5.01. The van der Waals surface area contributed by atoms with Crippen molar-refractivity contribution < 1.29 is 0 Å². The van der Waals surface area contributed by atoms with Crippen LogP contribution in [0.5, 0.6) is 0 Å². The fourth-order valence-electron chi connectivity index (χ4n) is 4.19. The first-order valence-corrected chi connectivity index (χ1v) is 7.74. The quantitative estimate of drug-likeness (QED) is 0.547.